The van der Waals surface area contributed by atoms with Gasteiger partial charge in [-0.1, -0.05) is 12.1 Å². The SMILES string of the molecule is CCNC(=NCc1ncc(C)s1)NCCCn1cnc2ccccc21. The molecule has 0 aliphatic rings. The van der Waals surface area contributed by atoms with Crippen LogP contribution in [0.2, 0.25) is 0 Å². The number of aryl methyl sites for hydroxylation is 2. The summed E-state index contributed by atoms with van der Waals surface area (Å²) in [5, 5.41) is 7.71. The van der Waals surface area contributed by atoms with Gasteiger partial charge in [0.1, 0.15) is 5.01 Å². The quantitative estimate of drug-likeness (QED) is 0.388. The first kappa shape index (κ1) is 17.4. The van der Waals surface area contributed by atoms with Crippen molar-refractivity contribution in [3.63, 3.8) is 0 Å². The van der Waals surface area contributed by atoms with Crippen LogP contribution in [0, 0.1) is 6.92 Å². The number of rotatable bonds is 7. The first-order valence-electron chi connectivity index (χ1n) is 8.59. The van der Waals surface area contributed by atoms with Crippen LogP contribution in [0.15, 0.2) is 41.8 Å². The molecular weight excluding hydrogens is 332 g/mol. The zero-order valence-electron chi connectivity index (χ0n) is 14.7. The molecule has 2 heterocycles. The minimum Gasteiger partial charge on any atom is -0.357 e. The number of aromatic nitrogens is 3. The summed E-state index contributed by atoms with van der Waals surface area (Å²) in [6.07, 6.45) is 4.81. The molecule has 0 radical (unpaired) electrons. The first-order chi connectivity index (χ1) is 12.3. The summed E-state index contributed by atoms with van der Waals surface area (Å²) in [5.41, 5.74) is 2.23. The maximum absolute atomic E-state index is 4.60. The normalized spacial score (nSPS) is 11.8. The van der Waals surface area contributed by atoms with E-state index >= 15 is 0 Å². The highest BCUT2D eigenvalue weighted by molar-refractivity contribution is 7.11. The van der Waals surface area contributed by atoms with Crippen LogP contribution in [0.3, 0.4) is 0 Å². The van der Waals surface area contributed by atoms with Gasteiger partial charge in [0, 0.05) is 30.7 Å². The van der Waals surface area contributed by atoms with E-state index in [1.807, 2.05) is 24.7 Å². The maximum atomic E-state index is 4.60. The fourth-order valence-corrected chi connectivity index (χ4v) is 3.32. The first-order valence-corrected chi connectivity index (χ1v) is 9.41. The summed E-state index contributed by atoms with van der Waals surface area (Å²) in [4.78, 5) is 14.6. The summed E-state index contributed by atoms with van der Waals surface area (Å²) in [7, 11) is 0. The molecule has 0 fully saturated rings. The number of fused-ring (bicyclic) bond motifs is 1. The lowest BCUT2D eigenvalue weighted by Crippen LogP contribution is -2.38. The lowest BCUT2D eigenvalue weighted by atomic mass is 10.3. The van der Waals surface area contributed by atoms with Crippen LogP contribution >= 0.6 is 11.3 Å². The fourth-order valence-electron chi connectivity index (χ4n) is 2.61. The average molecular weight is 356 g/mol. The lowest BCUT2D eigenvalue weighted by molar-refractivity contribution is 0.637. The second kappa shape index (κ2) is 8.62. The van der Waals surface area contributed by atoms with Gasteiger partial charge in [0.25, 0.3) is 0 Å². The zero-order valence-corrected chi connectivity index (χ0v) is 15.5. The minimum absolute atomic E-state index is 0.611. The highest BCUT2D eigenvalue weighted by Gasteiger charge is 2.02. The van der Waals surface area contributed by atoms with Gasteiger partial charge in [0.2, 0.25) is 0 Å². The third-order valence-corrected chi connectivity index (χ3v) is 4.68. The van der Waals surface area contributed by atoms with Gasteiger partial charge in [-0.15, -0.1) is 11.3 Å². The molecule has 3 aromatic rings. The molecule has 0 aliphatic carbocycles. The highest BCUT2D eigenvalue weighted by Crippen LogP contribution is 2.12. The number of aliphatic imine (C=N–C) groups is 1. The topological polar surface area (TPSA) is 67.1 Å². The van der Waals surface area contributed by atoms with E-state index in [0.717, 1.165) is 42.5 Å². The molecule has 6 nitrogen and oxygen atoms in total. The minimum atomic E-state index is 0.611. The number of benzene rings is 1. The smallest absolute Gasteiger partial charge is 0.191 e. The molecule has 2 aromatic heterocycles. The van der Waals surface area contributed by atoms with Crippen LogP contribution in [0.1, 0.15) is 23.2 Å². The molecule has 25 heavy (non-hydrogen) atoms. The van der Waals surface area contributed by atoms with E-state index in [2.05, 4.69) is 56.1 Å². The molecule has 0 saturated carbocycles. The summed E-state index contributed by atoms with van der Waals surface area (Å²) in [6, 6.07) is 8.22. The van der Waals surface area contributed by atoms with Gasteiger partial charge >= 0.3 is 0 Å². The van der Waals surface area contributed by atoms with Crippen molar-refractivity contribution in [2.45, 2.75) is 33.4 Å². The van der Waals surface area contributed by atoms with E-state index in [1.54, 1.807) is 11.3 Å². The molecule has 0 amide bonds. The van der Waals surface area contributed by atoms with Crippen LogP contribution in [0.25, 0.3) is 11.0 Å². The number of imidazole rings is 1. The van der Waals surface area contributed by atoms with Crippen LogP contribution in [0.5, 0.6) is 0 Å². The van der Waals surface area contributed by atoms with Gasteiger partial charge in [-0.25, -0.2) is 15.0 Å². The van der Waals surface area contributed by atoms with Gasteiger partial charge in [-0.2, -0.15) is 0 Å². The van der Waals surface area contributed by atoms with Gasteiger partial charge in [-0.3, -0.25) is 0 Å². The Kier molecular flexibility index (Phi) is 6.00. The Bertz CT molecular complexity index is 835. The van der Waals surface area contributed by atoms with E-state index in [-0.39, 0.29) is 0 Å². The van der Waals surface area contributed by atoms with Crippen molar-refractivity contribution >= 4 is 28.3 Å². The third-order valence-electron chi connectivity index (χ3n) is 3.78. The number of nitrogens with zero attached hydrogens (tertiary/aromatic N) is 4. The Morgan fingerprint density at radius 3 is 2.92 bits per heavy atom. The highest BCUT2D eigenvalue weighted by atomic mass is 32.1. The summed E-state index contributed by atoms with van der Waals surface area (Å²) in [5.74, 6) is 0.839. The fraction of sp³-hybridized carbons (Fsp3) is 0.389. The molecule has 0 atom stereocenters. The zero-order chi connectivity index (χ0) is 17.5. The van der Waals surface area contributed by atoms with Gasteiger partial charge in [0.15, 0.2) is 5.96 Å². The molecule has 0 aliphatic heterocycles. The molecule has 0 unspecified atom stereocenters. The van der Waals surface area contributed by atoms with Gasteiger partial charge in [-0.05, 0) is 32.4 Å². The molecule has 0 saturated heterocycles. The van der Waals surface area contributed by atoms with Crippen LogP contribution in [-0.2, 0) is 13.1 Å². The molecule has 0 bridgehead atoms. The molecule has 3 rings (SSSR count). The number of para-hydroxylation sites is 2. The van der Waals surface area contributed by atoms with Crippen molar-refractivity contribution in [3.8, 4) is 0 Å². The Labute approximate surface area is 152 Å². The van der Waals surface area contributed by atoms with Crippen molar-refractivity contribution in [1.29, 1.82) is 0 Å². The number of hydrogen-bond acceptors (Lipinski definition) is 4. The monoisotopic (exact) mass is 356 g/mol. The molecule has 7 heteroatoms. The van der Waals surface area contributed by atoms with Crippen molar-refractivity contribution in [2.75, 3.05) is 13.1 Å². The maximum Gasteiger partial charge on any atom is 0.191 e. The van der Waals surface area contributed by atoms with Crippen molar-refractivity contribution in [1.82, 2.24) is 25.2 Å². The summed E-state index contributed by atoms with van der Waals surface area (Å²) < 4.78 is 2.19. The largest absolute Gasteiger partial charge is 0.357 e. The Hall–Kier alpha value is -2.41. The van der Waals surface area contributed by atoms with Crippen molar-refractivity contribution < 1.29 is 0 Å². The number of nitrogens with one attached hydrogen (secondary N) is 2. The number of thiazole rings is 1. The van der Waals surface area contributed by atoms with Gasteiger partial charge in [0.05, 0.1) is 23.9 Å². The van der Waals surface area contributed by atoms with E-state index in [0.29, 0.717) is 6.54 Å². The third kappa shape index (κ3) is 4.79. The average Bonchev–Trinajstić information content (AvgIpc) is 3.22. The Morgan fingerprint density at radius 1 is 1.24 bits per heavy atom. The predicted octanol–water partition coefficient (Wildman–Crippen LogP) is 2.95. The molecule has 2 N–H and O–H groups in total. The lowest BCUT2D eigenvalue weighted by Gasteiger charge is -2.11. The number of hydrogen-bond donors (Lipinski definition) is 2. The molecule has 1 aromatic carbocycles. The van der Waals surface area contributed by atoms with Crippen LogP contribution < -0.4 is 10.6 Å². The predicted molar refractivity (Wildman–Crippen MR) is 104 cm³/mol. The summed E-state index contributed by atoms with van der Waals surface area (Å²) in [6.45, 7) is 7.37. The standard InChI is InChI=1S/C18H24N6S/c1-3-19-18(22-12-17-21-11-14(2)25-17)20-9-6-10-24-13-23-15-7-4-5-8-16(15)24/h4-5,7-8,11,13H,3,6,9-10,12H2,1-2H3,(H2,19,20,22). The molecule has 132 valence electrons. The number of guanidine groups is 1. The Balaban J connectivity index is 1.49. The van der Waals surface area contributed by atoms with E-state index in [9.17, 15) is 0 Å². The van der Waals surface area contributed by atoms with Gasteiger partial charge < -0.3 is 15.2 Å². The molecule has 0 spiro atoms. The second-order valence-corrected chi connectivity index (χ2v) is 7.09. The van der Waals surface area contributed by atoms with E-state index < -0.39 is 0 Å². The van der Waals surface area contributed by atoms with E-state index in [1.165, 1.54) is 10.4 Å². The van der Waals surface area contributed by atoms with Crippen molar-refractivity contribution in [3.05, 3.63) is 46.7 Å². The van der Waals surface area contributed by atoms with Crippen LogP contribution in [0.4, 0.5) is 0 Å². The van der Waals surface area contributed by atoms with E-state index in [4.69, 9.17) is 0 Å². The molecular formula is C18H24N6S. The van der Waals surface area contributed by atoms with Crippen molar-refractivity contribution in [2.24, 2.45) is 4.99 Å². The second-order valence-electron chi connectivity index (χ2n) is 5.77. The van der Waals surface area contributed by atoms with Crippen LogP contribution in [-0.4, -0.2) is 33.6 Å². The summed E-state index contributed by atoms with van der Waals surface area (Å²) >= 11 is 1.69. The Morgan fingerprint density at radius 2 is 2.12 bits per heavy atom.